The van der Waals surface area contributed by atoms with Crippen molar-refractivity contribution in [2.75, 3.05) is 0 Å². The van der Waals surface area contributed by atoms with Crippen molar-refractivity contribution in [1.29, 1.82) is 0 Å². The van der Waals surface area contributed by atoms with Crippen LogP contribution in [0.15, 0.2) is 5.11 Å². The van der Waals surface area contributed by atoms with E-state index in [9.17, 15) is 0 Å². The SMILES string of the molecule is CC(C)[C@@H]1CC[C@@H](C)C[C@@H]1N=[N+]=[N-]. The Morgan fingerprint density at radius 2 is 2.08 bits per heavy atom. The summed E-state index contributed by atoms with van der Waals surface area (Å²) in [4.78, 5) is 2.95. The van der Waals surface area contributed by atoms with Crippen LogP contribution in [0, 0.1) is 17.8 Å². The van der Waals surface area contributed by atoms with Gasteiger partial charge in [-0.1, -0.05) is 32.3 Å². The molecule has 0 aromatic carbocycles. The van der Waals surface area contributed by atoms with Crippen LogP contribution >= 0.6 is 0 Å². The normalized spacial score (nSPS) is 34.3. The zero-order valence-corrected chi connectivity index (χ0v) is 8.77. The van der Waals surface area contributed by atoms with Crippen LogP contribution in [0.1, 0.15) is 40.0 Å². The zero-order valence-electron chi connectivity index (χ0n) is 8.77. The molecule has 74 valence electrons. The van der Waals surface area contributed by atoms with Gasteiger partial charge in [0.15, 0.2) is 0 Å². The second kappa shape index (κ2) is 4.52. The van der Waals surface area contributed by atoms with E-state index in [2.05, 4.69) is 30.8 Å². The lowest BCUT2D eigenvalue weighted by atomic mass is 9.74. The van der Waals surface area contributed by atoms with Gasteiger partial charge in [-0.25, -0.2) is 0 Å². The van der Waals surface area contributed by atoms with E-state index in [-0.39, 0.29) is 6.04 Å². The molecule has 0 radical (unpaired) electrons. The van der Waals surface area contributed by atoms with Crippen LogP contribution in [0.3, 0.4) is 0 Å². The Kier molecular flexibility index (Phi) is 3.61. The van der Waals surface area contributed by atoms with Gasteiger partial charge in [0.05, 0.1) is 0 Å². The van der Waals surface area contributed by atoms with E-state index < -0.39 is 0 Å². The predicted octanol–water partition coefficient (Wildman–Crippen LogP) is 3.76. The van der Waals surface area contributed by atoms with E-state index in [0.717, 1.165) is 12.3 Å². The summed E-state index contributed by atoms with van der Waals surface area (Å²) < 4.78 is 0. The van der Waals surface area contributed by atoms with E-state index in [1.165, 1.54) is 12.8 Å². The first-order valence-corrected chi connectivity index (χ1v) is 5.19. The van der Waals surface area contributed by atoms with Gasteiger partial charge in [-0.15, -0.1) is 0 Å². The monoisotopic (exact) mass is 181 g/mol. The fraction of sp³-hybridized carbons (Fsp3) is 1.00. The molecule has 1 aliphatic carbocycles. The van der Waals surface area contributed by atoms with Crippen LogP contribution in [0.5, 0.6) is 0 Å². The molecule has 13 heavy (non-hydrogen) atoms. The molecule has 3 heteroatoms. The first-order chi connectivity index (χ1) is 6.15. The maximum atomic E-state index is 8.46. The van der Waals surface area contributed by atoms with Crippen molar-refractivity contribution in [1.82, 2.24) is 0 Å². The quantitative estimate of drug-likeness (QED) is 0.354. The Balaban J connectivity index is 2.65. The van der Waals surface area contributed by atoms with Gasteiger partial charge in [-0.3, -0.25) is 0 Å². The third-order valence-corrected chi connectivity index (χ3v) is 3.19. The van der Waals surface area contributed by atoms with Gasteiger partial charge in [0.25, 0.3) is 0 Å². The highest BCUT2D eigenvalue weighted by molar-refractivity contribution is 4.85. The molecule has 1 aliphatic rings. The van der Waals surface area contributed by atoms with Crippen LogP contribution < -0.4 is 0 Å². The van der Waals surface area contributed by atoms with Gasteiger partial charge >= 0.3 is 0 Å². The molecule has 0 N–H and O–H groups in total. The van der Waals surface area contributed by atoms with E-state index in [4.69, 9.17) is 5.53 Å². The molecular formula is C10H19N3. The first kappa shape index (κ1) is 10.4. The fourth-order valence-electron chi connectivity index (χ4n) is 2.35. The van der Waals surface area contributed by atoms with Crippen LogP contribution in [-0.2, 0) is 0 Å². The molecule has 1 saturated carbocycles. The fourth-order valence-corrected chi connectivity index (χ4v) is 2.35. The summed E-state index contributed by atoms with van der Waals surface area (Å²) >= 11 is 0. The molecule has 0 bridgehead atoms. The van der Waals surface area contributed by atoms with Crippen molar-refractivity contribution in [2.24, 2.45) is 22.9 Å². The summed E-state index contributed by atoms with van der Waals surface area (Å²) in [7, 11) is 0. The molecule has 0 amide bonds. The Bertz CT molecular complexity index is 206. The summed E-state index contributed by atoms with van der Waals surface area (Å²) in [6.07, 6.45) is 3.59. The largest absolute Gasteiger partial charge is 0.0903 e. The van der Waals surface area contributed by atoms with E-state index >= 15 is 0 Å². The van der Waals surface area contributed by atoms with Gasteiger partial charge in [0.2, 0.25) is 0 Å². The first-order valence-electron chi connectivity index (χ1n) is 5.19. The summed E-state index contributed by atoms with van der Waals surface area (Å²) in [6, 6.07) is 0.244. The molecule has 0 aromatic rings. The summed E-state index contributed by atoms with van der Waals surface area (Å²) in [5, 5.41) is 3.92. The predicted molar refractivity (Wildman–Crippen MR) is 54.3 cm³/mol. The van der Waals surface area contributed by atoms with Crippen LogP contribution in [0.25, 0.3) is 10.4 Å². The van der Waals surface area contributed by atoms with E-state index in [0.29, 0.717) is 11.8 Å². The zero-order chi connectivity index (χ0) is 9.84. The minimum absolute atomic E-state index is 0.244. The number of hydrogen-bond donors (Lipinski definition) is 0. The number of rotatable bonds is 2. The summed E-state index contributed by atoms with van der Waals surface area (Å²) in [5.41, 5.74) is 8.46. The third-order valence-electron chi connectivity index (χ3n) is 3.19. The molecule has 1 rings (SSSR count). The molecular weight excluding hydrogens is 162 g/mol. The van der Waals surface area contributed by atoms with E-state index in [1.807, 2.05) is 0 Å². The Hall–Kier alpha value is -0.690. The Labute approximate surface area is 80.2 Å². The summed E-state index contributed by atoms with van der Waals surface area (Å²) in [6.45, 7) is 6.69. The molecule has 1 fully saturated rings. The molecule has 3 atom stereocenters. The minimum Gasteiger partial charge on any atom is -0.0903 e. The topological polar surface area (TPSA) is 48.8 Å². The van der Waals surface area contributed by atoms with Crippen LogP contribution in [0.2, 0.25) is 0 Å². The van der Waals surface area contributed by atoms with Gasteiger partial charge in [0, 0.05) is 11.0 Å². The standard InChI is InChI=1S/C10H19N3/c1-7(2)9-5-4-8(3)6-10(9)12-13-11/h7-10H,4-6H2,1-3H3/t8-,9+,10+/m1/s1. The number of nitrogens with zero attached hydrogens (tertiary/aromatic N) is 3. The van der Waals surface area contributed by atoms with Crippen molar-refractivity contribution < 1.29 is 0 Å². The van der Waals surface area contributed by atoms with Crippen LogP contribution in [0.4, 0.5) is 0 Å². The molecule has 0 aliphatic heterocycles. The molecule has 0 heterocycles. The highest BCUT2D eigenvalue weighted by Crippen LogP contribution is 2.35. The Morgan fingerprint density at radius 3 is 2.62 bits per heavy atom. The smallest absolute Gasteiger partial charge is 0.0407 e. The van der Waals surface area contributed by atoms with Crippen molar-refractivity contribution >= 4 is 0 Å². The molecule has 0 unspecified atom stereocenters. The lowest BCUT2D eigenvalue weighted by Gasteiger charge is -2.34. The molecule has 3 nitrogen and oxygen atoms in total. The molecule has 0 spiro atoms. The average Bonchev–Trinajstić information content (AvgIpc) is 2.04. The van der Waals surface area contributed by atoms with Crippen molar-refractivity contribution in [3.63, 3.8) is 0 Å². The second-order valence-electron chi connectivity index (χ2n) is 4.60. The number of hydrogen-bond acceptors (Lipinski definition) is 1. The maximum absolute atomic E-state index is 8.46. The van der Waals surface area contributed by atoms with Crippen molar-refractivity contribution in [2.45, 2.75) is 46.1 Å². The lowest BCUT2D eigenvalue weighted by Crippen LogP contribution is -2.30. The van der Waals surface area contributed by atoms with Gasteiger partial charge < -0.3 is 0 Å². The van der Waals surface area contributed by atoms with Crippen LogP contribution in [-0.4, -0.2) is 6.04 Å². The van der Waals surface area contributed by atoms with Crippen molar-refractivity contribution in [3.8, 4) is 0 Å². The average molecular weight is 181 g/mol. The second-order valence-corrected chi connectivity index (χ2v) is 4.60. The van der Waals surface area contributed by atoms with E-state index in [1.54, 1.807) is 0 Å². The van der Waals surface area contributed by atoms with Gasteiger partial charge in [-0.05, 0) is 36.1 Å². The third kappa shape index (κ3) is 2.63. The molecule has 0 saturated heterocycles. The summed E-state index contributed by atoms with van der Waals surface area (Å²) in [5.74, 6) is 1.97. The highest BCUT2D eigenvalue weighted by atomic mass is 15.2. The number of azide groups is 1. The maximum Gasteiger partial charge on any atom is 0.0407 e. The van der Waals surface area contributed by atoms with Gasteiger partial charge in [0.1, 0.15) is 0 Å². The molecule has 0 aromatic heterocycles. The lowest BCUT2D eigenvalue weighted by molar-refractivity contribution is 0.199. The minimum atomic E-state index is 0.244. The van der Waals surface area contributed by atoms with Gasteiger partial charge in [-0.2, -0.15) is 0 Å². The van der Waals surface area contributed by atoms with Crippen molar-refractivity contribution in [3.05, 3.63) is 10.4 Å². The Morgan fingerprint density at radius 1 is 1.38 bits per heavy atom. The highest BCUT2D eigenvalue weighted by Gasteiger charge is 2.29.